The summed E-state index contributed by atoms with van der Waals surface area (Å²) in [5, 5.41) is 20.0. The van der Waals surface area contributed by atoms with Gasteiger partial charge in [0.2, 0.25) is 0 Å². The molecule has 2 aromatic rings. The second-order valence-corrected chi connectivity index (χ2v) is 6.91. The maximum atomic E-state index is 12.1. The lowest BCUT2D eigenvalue weighted by Gasteiger charge is -2.25. The zero-order valence-electron chi connectivity index (χ0n) is 14.8. The minimum absolute atomic E-state index is 0.217. The Hall–Kier alpha value is -2.34. The van der Waals surface area contributed by atoms with Gasteiger partial charge in [-0.1, -0.05) is 12.5 Å². The lowest BCUT2D eigenvalue weighted by atomic mass is 9.87. The van der Waals surface area contributed by atoms with Crippen LogP contribution in [0.3, 0.4) is 0 Å². The molecule has 0 radical (unpaired) electrons. The third-order valence-electron chi connectivity index (χ3n) is 4.66. The van der Waals surface area contributed by atoms with Gasteiger partial charge in [-0.05, 0) is 63.3 Å². The number of carbonyl (C=O) groups is 1. The second-order valence-electron chi connectivity index (χ2n) is 6.91. The van der Waals surface area contributed by atoms with Crippen molar-refractivity contribution in [3.63, 3.8) is 0 Å². The molecule has 0 bridgehead atoms. The number of aliphatic hydroxyl groups is 1. The average molecular weight is 342 g/mol. The quantitative estimate of drug-likeness (QED) is 0.798. The van der Waals surface area contributed by atoms with Crippen LogP contribution in [0.4, 0.5) is 10.5 Å². The molecular weight excluding hydrogens is 316 g/mol. The first kappa shape index (κ1) is 17.5. The maximum Gasteiger partial charge on any atom is 0.319 e. The maximum absolute atomic E-state index is 12.1. The van der Waals surface area contributed by atoms with Crippen molar-refractivity contribution < 1.29 is 9.90 Å². The zero-order chi connectivity index (χ0) is 17.8. The molecule has 25 heavy (non-hydrogen) atoms. The van der Waals surface area contributed by atoms with Gasteiger partial charge >= 0.3 is 6.03 Å². The number of aliphatic hydroxyl groups excluding tert-OH is 1. The number of urea groups is 1. The smallest absolute Gasteiger partial charge is 0.319 e. The Labute approximate surface area is 148 Å². The molecule has 0 spiro atoms. The highest BCUT2D eigenvalue weighted by atomic mass is 16.3. The van der Waals surface area contributed by atoms with Gasteiger partial charge in [0.25, 0.3) is 0 Å². The summed E-state index contributed by atoms with van der Waals surface area (Å²) in [7, 11) is 0. The van der Waals surface area contributed by atoms with E-state index in [1.54, 1.807) is 0 Å². The average Bonchev–Trinajstić information content (AvgIpc) is 2.92. The van der Waals surface area contributed by atoms with E-state index in [0.29, 0.717) is 12.5 Å². The molecule has 2 amide bonds. The van der Waals surface area contributed by atoms with Crippen LogP contribution in [0.2, 0.25) is 0 Å². The molecule has 3 rings (SSSR count). The minimum atomic E-state index is -0.221. The summed E-state index contributed by atoms with van der Waals surface area (Å²) in [5.74, 6) is 0.357. The van der Waals surface area contributed by atoms with Crippen LogP contribution in [0, 0.1) is 19.8 Å². The fourth-order valence-corrected chi connectivity index (χ4v) is 3.47. The van der Waals surface area contributed by atoms with Gasteiger partial charge in [-0.15, -0.1) is 0 Å². The molecule has 6 nitrogen and oxygen atoms in total. The third-order valence-corrected chi connectivity index (χ3v) is 4.66. The Morgan fingerprint density at radius 1 is 1.32 bits per heavy atom. The Balaban J connectivity index is 1.58. The van der Waals surface area contributed by atoms with Gasteiger partial charge in [0.1, 0.15) is 0 Å². The van der Waals surface area contributed by atoms with Crippen LogP contribution >= 0.6 is 0 Å². The van der Waals surface area contributed by atoms with Crippen molar-refractivity contribution in [1.82, 2.24) is 15.1 Å². The number of aryl methyl sites for hydroxylation is 2. The van der Waals surface area contributed by atoms with E-state index in [-0.39, 0.29) is 12.1 Å². The Morgan fingerprint density at radius 2 is 2.16 bits per heavy atom. The number of nitrogens with one attached hydrogen (secondary N) is 2. The molecule has 1 saturated carbocycles. The second kappa shape index (κ2) is 7.70. The molecule has 3 N–H and O–H groups in total. The van der Waals surface area contributed by atoms with Gasteiger partial charge in [0.15, 0.2) is 0 Å². The Bertz CT molecular complexity index is 741. The SMILES string of the molecule is Cc1cc(C)n(-c2cccc(NC(=O)NCC3CCCC(O)C3)c2)n1. The fourth-order valence-electron chi connectivity index (χ4n) is 3.47. The number of benzene rings is 1. The van der Waals surface area contributed by atoms with E-state index in [2.05, 4.69) is 15.7 Å². The largest absolute Gasteiger partial charge is 0.393 e. The first-order chi connectivity index (χ1) is 12.0. The summed E-state index contributed by atoms with van der Waals surface area (Å²) in [6.45, 7) is 4.56. The van der Waals surface area contributed by atoms with Crippen molar-refractivity contribution in [2.45, 2.75) is 45.6 Å². The summed E-state index contributed by atoms with van der Waals surface area (Å²) in [6.07, 6.45) is 3.51. The summed E-state index contributed by atoms with van der Waals surface area (Å²) in [4.78, 5) is 12.1. The molecule has 134 valence electrons. The van der Waals surface area contributed by atoms with Gasteiger partial charge in [0, 0.05) is 17.9 Å². The Kier molecular flexibility index (Phi) is 5.38. The molecule has 1 fully saturated rings. The van der Waals surface area contributed by atoms with Gasteiger partial charge in [0.05, 0.1) is 17.5 Å². The number of hydrogen-bond acceptors (Lipinski definition) is 3. The monoisotopic (exact) mass is 342 g/mol. The molecule has 6 heteroatoms. The lowest BCUT2D eigenvalue weighted by molar-refractivity contribution is 0.101. The van der Waals surface area contributed by atoms with Gasteiger partial charge in [-0.2, -0.15) is 5.10 Å². The van der Waals surface area contributed by atoms with Crippen molar-refractivity contribution in [1.29, 1.82) is 0 Å². The molecule has 1 aliphatic carbocycles. The Morgan fingerprint density at radius 3 is 2.88 bits per heavy atom. The minimum Gasteiger partial charge on any atom is -0.393 e. The van der Waals surface area contributed by atoms with Crippen molar-refractivity contribution in [3.05, 3.63) is 41.7 Å². The molecule has 1 aliphatic rings. The van der Waals surface area contributed by atoms with E-state index in [0.717, 1.165) is 48.4 Å². The molecular formula is C19H26N4O2. The first-order valence-electron chi connectivity index (χ1n) is 8.88. The standard InChI is InChI=1S/C19H26N4O2/c1-13-9-14(2)23(22-13)17-7-4-6-16(11-17)21-19(25)20-12-15-5-3-8-18(24)10-15/h4,6-7,9,11,15,18,24H,3,5,8,10,12H2,1-2H3,(H2,20,21,25). The van der Waals surface area contributed by atoms with Crippen LogP contribution in [0.5, 0.6) is 0 Å². The van der Waals surface area contributed by atoms with E-state index in [1.807, 2.05) is 48.9 Å². The molecule has 1 aromatic heterocycles. The molecule has 0 aliphatic heterocycles. The number of rotatable bonds is 4. The summed E-state index contributed by atoms with van der Waals surface area (Å²) in [6, 6.07) is 9.43. The van der Waals surface area contributed by atoms with Crippen LogP contribution < -0.4 is 10.6 Å². The molecule has 2 atom stereocenters. The number of aromatic nitrogens is 2. The van der Waals surface area contributed by atoms with Gasteiger partial charge < -0.3 is 15.7 Å². The van der Waals surface area contributed by atoms with Crippen molar-refractivity contribution in [3.8, 4) is 5.69 Å². The molecule has 2 unspecified atom stereocenters. The van der Waals surface area contributed by atoms with Gasteiger partial charge in [-0.3, -0.25) is 0 Å². The molecule has 0 saturated heterocycles. The van der Waals surface area contributed by atoms with E-state index in [1.165, 1.54) is 0 Å². The predicted octanol–water partition coefficient (Wildman–Crippen LogP) is 3.16. The topological polar surface area (TPSA) is 79.2 Å². The normalized spacial score (nSPS) is 20.3. The summed E-state index contributed by atoms with van der Waals surface area (Å²) in [5.41, 5.74) is 3.66. The van der Waals surface area contributed by atoms with E-state index in [4.69, 9.17) is 0 Å². The number of nitrogens with zero attached hydrogens (tertiary/aromatic N) is 2. The number of hydrogen-bond donors (Lipinski definition) is 3. The van der Waals surface area contributed by atoms with Crippen LogP contribution in [-0.2, 0) is 0 Å². The molecule has 1 aromatic carbocycles. The van der Waals surface area contributed by atoms with Crippen LogP contribution in [-0.4, -0.2) is 33.6 Å². The number of anilines is 1. The summed E-state index contributed by atoms with van der Waals surface area (Å²) >= 11 is 0. The highest BCUT2D eigenvalue weighted by Crippen LogP contribution is 2.23. The first-order valence-corrected chi connectivity index (χ1v) is 8.88. The van der Waals surface area contributed by atoms with E-state index < -0.39 is 0 Å². The van der Waals surface area contributed by atoms with Crippen molar-refractivity contribution in [2.75, 3.05) is 11.9 Å². The third kappa shape index (κ3) is 4.60. The van der Waals surface area contributed by atoms with Crippen LogP contribution in [0.15, 0.2) is 30.3 Å². The van der Waals surface area contributed by atoms with Crippen molar-refractivity contribution >= 4 is 11.7 Å². The van der Waals surface area contributed by atoms with Crippen LogP contribution in [0.1, 0.15) is 37.1 Å². The zero-order valence-corrected chi connectivity index (χ0v) is 14.8. The predicted molar refractivity (Wildman–Crippen MR) is 98.0 cm³/mol. The highest BCUT2D eigenvalue weighted by molar-refractivity contribution is 5.89. The van der Waals surface area contributed by atoms with E-state index in [9.17, 15) is 9.90 Å². The lowest BCUT2D eigenvalue weighted by Crippen LogP contribution is -2.35. The summed E-state index contributed by atoms with van der Waals surface area (Å²) < 4.78 is 1.86. The van der Waals surface area contributed by atoms with Gasteiger partial charge in [-0.25, -0.2) is 9.48 Å². The van der Waals surface area contributed by atoms with Crippen LogP contribution in [0.25, 0.3) is 5.69 Å². The van der Waals surface area contributed by atoms with E-state index >= 15 is 0 Å². The van der Waals surface area contributed by atoms with Crippen molar-refractivity contribution in [2.24, 2.45) is 5.92 Å². The highest BCUT2D eigenvalue weighted by Gasteiger charge is 2.20. The number of amides is 2. The fraction of sp³-hybridized carbons (Fsp3) is 0.474. The number of carbonyl (C=O) groups excluding carboxylic acids is 1. The molecule has 1 heterocycles.